The van der Waals surface area contributed by atoms with Crippen LogP contribution >= 0.6 is 11.6 Å². The molecule has 7 nitrogen and oxygen atoms in total. The monoisotopic (exact) mass is 477 g/mol. The van der Waals surface area contributed by atoms with Crippen molar-refractivity contribution in [2.45, 2.75) is 19.0 Å². The topological polar surface area (TPSA) is 78.5 Å². The SMILES string of the molecule is O=C(N[C@H]1COc2cc(N3CCNCC3)ccc2C1)c1ccc(NCc2cccc(Cl)c2)nc1. The average Bonchev–Trinajstić information content (AvgIpc) is 2.88. The molecule has 34 heavy (non-hydrogen) atoms. The summed E-state index contributed by atoms with van der Waals surface area (Å²) in [6, 6.07) is 17.6. The van der Waals surface area contributed by atoms with Gasteiger partial charge >= 0.3 is 0 Å². The lowest BCUT2D eigenvalue weighted by Gasteiger charge is -2.31. The van der Waals surface area contributed by atoms with E-state index in [1.54, 1.807) is 12.3 Å². The summed E-state index contributed by atoms with van der Waals surface area (Å²) in [6.45, 7) is 5.06. The normalized spacial score (nSPS) is 17.4. The van der Waals surface area contributed by atoms with Gasteiger partial charge in [0.2, 0.25) is 0 Å². The Balaban J connectivity index is 1.15. The average molecular weight is 478 g/mol. The molecule has 8 heteroatoms. The van der Waals surface area contributed by atoms with E-state index in [4.69, 9.17) is 16.3 Å². The highest BCUT2D eigenvalue weighted by Gasteiger charge is 2.23. The summed E-state index contributed by atoms with van der Waals surface area (Å²) < 4.78 is 6.01. The number of ether oxygens (including phenoxy) is 1. The number of carbonyl (C=O) groups excluding carboxylic acids is 1. The maximum Gasteiger partial charge on any atom is 0.253 e. The number of piperazine rings is 1. The zero-order valence-electron chi connectivity index (χ0n) is 18.9. The fourth-order valence-electron chi connectivity index (χ4n) is 4.31. The van der Waals surface area contributed by atoms with Crippen molar-refractivity contribution in [3.63, 3.8) is 0 Å². The molecule has 2 aliphatic rings. The Bertz CT molecular complexity index is 1150. The van der Waals surface area contributed by atoms with Crippen LogP contribution < -0.4 is 25.6 Å². The molecular weight excluding hydrogens is 450 g/mol. The van der Waals surface area contributed by atoms with E-state index < -0.39 is 0 Å². The van der Waals surface area contributed by atoms with E-state index in [1.807, 2.05) is 30.3 Å². The lowest BCUT2D eigenvalue weighted by molar-refractivity contribution is 0.0915. The number of aromatic nitrogens is 1. The van der Waals surface area contributed by atoms with E-state index in [0.29, 0.717) is 29.6 Å². The molecule has 0 bridgehead atoms. The molecular formula is C26H28ClN5O2. The third-order valence-corrected chi connectivity index (χ3v) is 6.40. The molecule has 0 saturated carbocycles. The Morgan fingerprint density at radius 1 is 1.15 bits per heavy atom. The van der Waals surface area contributed by atoms with Crippen molar-refractivity contribution in [2.75, 3.05) is 43.0 Å². The Kier molecular flexibility index (Phi) is 6.83. The van der Waals surface area contributed by atoms with Crippen molar-refractivity contribution in [3.8, 4) is 5.75 Å². The van der Waals surface area contributed by atoms with Gasteiger partial charge in [-0.25, -0.2) is 4.98 Å². The Hall–Kier alpha value is -3.29. The number of rotatable bonds is 6. The number of carbonyl (C=O) groups is 1. The number of halogens is 1. The van der Waals surface area contributed by atoms with Crippen molar-refractivity contribution in [1.29, 1.82) is 0 Å². The third-order valence-electron chi connectivity index (χ3n) is 6.16. The second-order valence-electron chi connectivity index (χ2n) is 8.63. The Labute approximate surface area is 204 Å². The van der Waals surface area contributed by atoms with Crippen LogP contribution in [0.4, 0.5) is 11.5 Å². The zero-order chi connectivity index (χ0) is 23.3. The van der Waals surface area contributed by atoms with Gasteiger partial charge < -0.3 is 25.6 Å². The van der Waals surface area contributed by atoms with E-state index in [0.717, 1.165) is 49.5 Å². The van der Waals surface area contributed by atoms with Crippen molar-refractivity contribution < 1.29 is 9.53 Å². The van der Waals surface area contributed by atoms with Crippen LogP contribution in [-0.2, 0) is 13.0 Å². The minimum Gasteiger partial charge on any atom is -0.491 e. The molecule has 2 aliphatic heterocycles. The Morgan fingerprint density at radius 2 is 2.03 bits per heavy atom. The van der Waals surface area contributed by atoms with Crippen LogP contribution in [0.15, 0.2) is 60.8 Å². The van der Waals surface area contributed by atoms with E-state index in [2.05, 4.69) is 44.0 Å². The first kappa shape index (κ1) is 22.5. The molecule has 0 unspecified atom stereocenters. The fourth-order valence-corrected chi connectivity index (χ4v) is 4.53. The predicted octanol–water partition coefficient (Wildman–Crippen LogP) is 3.49. The van der Waals surface area contributed by atoms with Gasteiger partial charge in [0.15, 0.2) is 0 Å². The smallest absolute Gasteiger partial charge is 0.253 e. The Morgan fingerprint density at radius 3 is 2.82 bits per heavy atom. The van der Waals surface area contributed by atoms with Gasteiger partial charge in [0.05, 0.1) is 11.6 Å². The summed E-state index contributed by atoms with van der Waals surface area (Å²) in [5.41, 5.74) is 3.90. The fraction of sp³-hybridized carbons (Fsp3) is 0.308. The molecule has 0 aliphatic carbocycles. The molecule has 1 amide bonds. The molecule has 1 atom stereocenters. The van der Waals surface area contributed by atoms with Crippen LogP contribution in [-0.4, -0.2) is 49.7 Å². The van der Waals surface area contributed by atoms with Gasteiger partial charge in [-0.05, 0) is 47.9 Å². The zero-order valence-corrected chi connectivity index (χ0v) is 19.6. The quantitative estimate of drug-likeness (QED) is 0.504. The summed E-state index contributed by atoms with van der Waals surface area (Å²) in [5, 5.41) is 10.4. The number of hydrogen-bond acceptors (Lipinski definition) is 6. The summed E-state index contributed by atoms with van der Waals surface area (Å²) in [6.07, 6.45) is 2.34. The molecule has 5 rings (SSSR count). The van der Waals surface area contributed by atoms with Gasteiger partial charge in [-0.2, -0.15) is 0 Å². The number of anilines is 2. The van der Waals surface area contributed by atoms with Gasteiger partial charge in [-0.1, -0.05) is 29.8 Å². The number of nitrogens with zero attached hydrogens (tertiary/aromatic N) is 2. The molecule has 1 fully saturated rings. The first-order valence-corrected chi connectivity index (χ1v) is 12.0. The van der Waals surface area contributed by atoms with Crippen LogP contribution in [0.5, 0.6) is 5.75 Å². The second kappa shape index (κ2) is 10.3. The molecule has 3 N–H and O–H groups in total. The number of pyridine rings is 1. The van der Waals surface area contributed by atoms with E-state index >= 15 is 0 Å². The van der Waals surface area contributed by atoms with E-state index in [-0.39, 0.29) is 11.9 Å². The molecule has 1 aromatic heterocycles. The summed E-state index contributed by atoms with van der Waals surface area (Å²) in [7, 11) is 0. The van der Waals surface area contributed by atoms with Crippen molar-refractivity contribution >= 4 is 29.0 Å². The first-order valence-electron chi connectivity index (χ1n) is 11.6. The summed E-state index contributed by atoms with van der Waals surface area (Å²) in [5.74, 6) is 1.47. The molecule has 0 radical (unpaired) electrons. The summed E-state index contributed by atoms with van der Waals surface area (Å²) >= 11 is 6.03. The highest BCUT2D eigenvalue weighted by molar-refractivity contribution is 6.30. The van der Waals surface area contributed by atoms with Crippen LogP contribution in [0.3, 0.4) is 0 Å². The maximum atomic E-state index is 12.8. The standard InChI is InChI=1S/C26H28ClN5O2/c27-21-3-1-2-18(12-21)15-29-25-7-5-20(16-30-25)26(33)31-22-13-19-4-6-23(14-24(19)34-17-22)32-10-8-28-9-11-32/h1-7,12,14,16,22,28H,8-11,13,15,17H2,(H,29,30)(H,31,33)/t22-/m1/s1. The van der Waals surface area contributed by atoms with Gasteiger partial charge in [-0.15, -0.1) is 0 Å². The van der Waals surface area contributed by atoms with Crippen molar-refractivity contribution in [2.24, 2.45) is 0 Å². The van der Waals surface area contributed by atoms with Crippen molar-refractivity contribution in [1.82, 2.24) is 15.6 Å². The molecule has 2 aromatic carbocycles. The van der Waals surface area contributed by atoms with E-state index in [1.165, 1.54) is 5.69 Å². The number of fused-ring (bicyclic) bond motifs is 1. The predicted molar refractivity (Wildman–Crippen MR) is 135 cm³/mol. The van der Waals surface area contributed by atoms with Gasteiger partial charge in [-0.3, -0.25) is 4.79 Å². The third kappa shape index (κ3) is 5.43. The van der Waals surface area contributed by atoms with Crippen LogP contribution in [0.2, 0.25) is 5.02 Å². The number of nitrogens with one attached hydrogen (secondary N) is 3. The van der Waals surface area contributed by atoms with Crippen molar-refractivity contribution in [3.05, 3.63) is 82.5 Å². The number of benzene rings is 2. The minimum atomic E-state index is -0.150. The molecule has 3 heterocycles. The van der Waals surface area contributed by atoms with Gasteiger partial charge in [0.1, 0.15) is 18.2 Å². The molecule has 1 saturated heterocycles. The highest BCUT2D eigenvalue weighted by atomic mass is 35.5. The van der Waals surface area contributed by atoms with Gasteiger partial charge in [0, 0.05) is 55.7 Å². The number of amides is 1. The number of hydrogen-bond donors (Lipinski definition) is 3. The molecule has 3 aromatic rings. The van der Waals surface area contributed by atoms with Crippen LogP contribution in [0.25, 0.3) is 0 Å². The lowest BCUT2D eigenvalue weighted by atomic mass is 10.0. The largest absolute Gasteiger partial charge is 0.491 e. The van der Waals surface area contributed by atoms with E-state index in [9.17, 15) is 4.79 Å². The molecule has 176 valence electrons. The first-order chi connectivity index (χ1) is 16.6. The summed E-state index contributed by atoms with van der Waals surface area (Å²) in [4.78, 5) is 19.5. The van der Waals surface area contributed by atoms with Gasteiger partial charge in [0.25, 0.3) is 5.91 Å². The minimum absolute atomic E-state index is 0.0781. The molecule has 0 spiro atoms. The second-order valence-corrected chi connectivity index (χ2v) is 9.07. The highest BCUT2D eigenvalue weighted by Crippen LogP contribution is 2.30. The maximum absolute atomic E-state index is 12.8. The lowest BCUT2D eigenvalue weighted by Crippen LogP contribution is -2.44. The van der Waals surface area contributed by atoms with Crippen LogP contribution in [0.1, 0.15) is 21.5 Å². The van der Waals surface area contributed by atoms with Crippen LogP contribution in [0, 0.1) is 0 Å².